The lowest BCUT2D eigenvalue weighted by molar-refractivity contribution is 0.305. The van der Waals surface area contributed by atoms with Crippen LogP contribution < -0.4 is 10.5 Å². The first-order chi connectivity index (χ1) is 8.56. The third-order valence-corrected chi connectivity index (χ3v) is 3.80. The topological polar surface area (TPSA) is 48.1 Å². The summed E-state index contributed by atoms with van der Waals surface area (Å²) in [6, 6.07) is 5.93. The number of ether oxygens (including phenoxy) is 1. The van der Waals surface area contributed by atoms with Gasteiger partial charge in [0, 0.05) is 10.9 Å². The first kappa shape index (κ1) is 13.0. The van der Waals surface area contributed by atoms with Crippen molar-refractivity contribution in [3.05, 3.63) is 45.7 Å². The second-order valence-electron chi connectivity index (χ2n) is 4.09. The number of thiazole rings is 1. The summed E-state index contributed by atoms with van der Waals surface area (Å²) in [6.07, 6.45) is 0. The summed E-state index contributed by atoms with van der Waals surface area (Å²) in [4.78, 5) is 5.48. The fourth-order valence-corrected chi connectivity index (χ4v) is 2.56. The van der Waals surface area contributed by atoms with Gasteiger partial charge in [0.25, 0.3) is 0 Å². The molecule has 0 aliphatic heterocycles. The summed E-state index contributed by atoms with van der Waals surface area (Å²) in [5.74, 6) is 0.360. The fraction of sp³-hybridized carbons (Fsp3) is 0.308. The van der Waals surface area contributed by atoms with Gasteiger partial charge in [-0.15, -0.1) is 11.3 Å². The third-order valence-electron chi connectivity index (χ3n) is 2.47. The number of aromatic nitrogens is 1. The molecular formula is C13H15FN2OS. The van der Waals surface area contributed by atoms with Crippen molar-refractivity contribution in [3.63, 3.8) is 0 Å². The molecular weight excluding hydrogens is 251 g/mol. The molecule has 0 saturated carbocycles. The Kier molecular flexibility index (Phi) is 3.93. The van der Waals surface area contributed by atoms with E-state index >= 15 is 0 Å². The smallest absolute Gasteiger partial charge is 0.140 e. The number of hydrogen-bond donors (Lipinski definition) is 1. The predicted molar refractivity (Wildman–Crippen MR) is 70.2 cm³/mol. The summed E-state index contributed by atoms with van der Waals surface area (Å²) < 4.78 is 18.3. The van der Waals surface area contributed by atoms with E-state index in [9.17, 15) is 4.39 Å². The van der Waals surface area contributed by atoms with Crippen LogP contribution in [0.1, 0.15) is 28.5 Å². The van der Waals surface area contributed by atoms with Gasteiger partial charge in [-0.3, -0.25) is 0 Å². The van der Waals surface area contributed by atoms with E-state index < -0.39 is 0 Å². The second kappa shape index (κ2) is 5.46. The van der Waals surface area contributed by atoms with Gasteiger partial charge in [0.15, 0.2) is 0 Å². The number of halogens is 1. The predicted octanol–water partition coefficient (Wildman–Crippen LogP) is 3.19. The molecule has 0 spiro atoms. The van der Waals surface area contributed by atoms with Crippen molar-refractivity contribution in [1.29, 1.82) is 0 Å². The van der Waals surface area contributed by atoms with E-state index in [1.165, 1.54) is 12.1 Å². The zero-order chi connectivity index (χ0) is 13.1. The highest BCUT2D eigenvalue weighted by Crippen LogP contribution is 2.24. The molecule has 0 aliphatic carbocycles. The highest BCUT2D eigenvalue weighted by molar-refractivity contribution is 7.11. The standard InChI is InChI=1S/C13H15FN2OS/c1-8(15)13-9(2)16-12(18-13)7-17-11-5-3-10(14)4-6-11/h3-6,8H,7,15H2,1-2H3. The van der Waals surface area contributed by atoms with Gasteiger partial charge in [0.05, 0.1) is 5.69 Å². The zero-order valence-corrected chi connectivity index (χ0v) is 11.1. The Labute approximate surface area is 109 Å². The number of hydrogen-bond acceptors (Lipinski definition) is 4. The number of benzene rings is 1. The molecule has 0 saturated heterocycles. The molecule has 0 aliphatic rings. The quantitative estimate of drug-likeness (QED) is 0.924. The van der Waals surface area contributed by atoms with Crippen LogP contribution in [0.15, 0.2) is 24.3 Å². The van der Waals surface area contributed by atoms with Crippen LogP contribution in [-0.2, 0) is 6.61 Å². The zero-order valence-electron chi connectivity index (χ0n) is 10.3. The summed E-state index contributed by atoms with van der Waals surface area (Å²) in [5, 5.41) is 0.879. The fourth-order valence-electron chi connectivity index (χ4n) is 1.63. The Morgan fingerprint density at radius 2 is 2.06 bits per heavy atom. The highest BCUT2D eigenvalue weighted by Gasteiger charge is 2.11. The van der Waals surface area contributed by atoms with Crippen molar-refractivity contribution in [2.24, 2.45) is 5.73 Å². The van der Waals surface area contributed by atoms with Gasteiger partial charge in [-0.1, -0.05) is 0 Å². The molecule has 2 N–H and O–H groups in total. The van der Waals surface area contributed by atoms with Crippen LogP contribution in [0.4, 0.5) is 4.39 Å². The molecule has 1 aromatic heterocycles. The molecule has 1 aromatic carbocycles. The van der Waals surface area contributed by atoms with E-state index in [0.29, 0.717) is 12.4 Å². The van der Waals surface area contributed by atoms with Crippen molar-refractivity contribution >= 4 is 11.3 Å². The van der Waals surface area contributed by atoms with E-state index in [4.69, 9.17) is 10.5 Å². The molecule has 1 atom stereocenters. The average molecular weight is 266 g/mol. The van der Waals surface area contributed by atoms with Crippen molar-refractivity contribution in [2.45, 2.75) is 26.5 Å². The van der Waals surface area contributed by atoms with Crippen LogP contribution >= 0.6 is 11.3 Å². The van der Waals surface area contributed by atoms with Crippen LogP contribution in [0.2, 0.25) is 0 Å². The molecule has 1 heterocycles. The van der Waals surface area contributed by atoms with Crippen LogP contribution in [-0.4, -0.2) is 4.98 Å². The van der Waals surface area contributed by atoms with Gasteiger partial charge in [-0.2, -0.15) is 0 Å². The van der Waals surface area contributed by atoms with Crippen LogP contribution in [0.25, 0.3) is 0 Å². The summed E-state index contributed by atoms with van der Waals surface area (Å²) in [7, 11) is 0. The Bertz CT molecular complexity index is 522. The number of rotatable bonds is 4. The molecule has 0 radical (unpaired) electrons. The molecule has 2 rings (SSSR count). The van der Waals surface area contributed by atoms with E-state index in [0.717, 1.165) is 15.6 Å². The summed E-state index contributed by atoms with van der Waals surface area (Å²) in [5.41, 5.74) is 6.79. The minimum atomic E-state index is -0.272. The number of nitrogens with two attached hydrogens (primary N) is 1. The maximum Gasteiger partial charge on any atom is 0.140 e. The van der Waals surface area contributed by atoms with Gasteiger partial charge in [0.1, 0.15) is 23.2 Å². The van der Waals surface area contributed by atoms with E-state index in [2.05, 4.69) is 4.98 Å². The van der Waals surface area contributed by atoms with Gasteiger partial charge < -0.3 is 10.5 Å². The van der Waals surface area contributed by atoms with E-state index in [-0.39, 0.29) is 11.9 Å². The van der Waals surface area contributed by atoms with Crippen molar-refractivity contribution in [2.75, 3.05) is 0 Å². The first-order valence-corrected chi connectivity index (χ1v) is 6.48. The molecule has 0 bridgehead atoms. The van der Waals surface area contributed by atoms with Crippen LogP contribution in [0.5, 0.6) is 5.75 Å². The molecule has 0 amide bonds. The highest BCUT2D eigenvalue weighted by atomic mass is 32.1. The molecule has 18 heavy (non-hydrogen) atoms. The third kappa shape index (κ3) is 3.05. The lowest BCUT2D eigenvalue weighted by atomic mass is 10.2. The summed E-state index contributed by atoms with van der Waals surface area (Å²) >= 11 is 1.55. The molecule has 1 unspecified atom stereocenters. The van der Waals surface area contributed by atoms with Crippen molar-refractivity contribution in [1.82, 2.24) is 4.98 Å². The lowest BCUT2D eigenvalue weighted by Crippen LogP contribution is -2.03. The lowest BCUT2D eigenvalue weighted by Gasteiger charge is -2.03. The first-order valence-electron chi connectivity index (χ1n) is 5.66. The largest absolute Gasteiger partial charge is 0.486 e. The van der Waals surface area contributed by atoms with Crippen LogP contribution in [0, 0.1) is 12.7 Å². The Morgan fingerprint density at radius 3 is 2.61 bits per heavy atom. The normalized spacial score (nSPS) is 12.4. The van der Waals surface area contributed by atoms with Gasteiger partial charge in [0.2, 0.25) is 0 Å². The maximum absolute atomic E-state index is 12.7. The minimum absolute atomic E-state index is 0.0120. The molecule has 3 nitrogen and oxygen atoms in total. The minimum Gasteiger partial charge on any atom is -0.486 e. The van der Waals surface area contributed by atoms with Crippen molar-refractivity contribution < 1.29 is 9.13 Å². The monoisotopic (exact) mass is 266 g/mol. The van der Waals surface area contributed by atoms with Gasteiger partial charge in [-0.25, -0.2) is 9.37 Å². The number of nitrogens with zero attached hydrogens (tertiary/aromatic N) is 1. The SMILES string of the molecule is Cc1nc(COc2ccc(F)cc2)sc1C(C)N. The molecule has 5 heteroatoms. The molecule has 0 fully saturated rings. The number of aryl methyl sites for hydroxylation is 1. The molecule has 2 aromatic rings. The van der Waals surface area contributed by atoms with Crippen LogP contribution in [0.3, 0.4) is 0 Å². The van der Waals surface area contributed by atoms with Gasteiger partial charge >= 0.3 is 0 Å². The summed E-state index contributed by atoms with van der Waals surface area (Å²) in [6.45, 7) is 4.26. The molecule has 96 valence electrons. The van der Waals surface area contributed by atoms with Gasteiger partial charge in [-0.05, 0) is 38.1 Å². The second-order valence-corrected chi connectivity index (χ2v) is 5.20. The average Bonchev–Trinajstić information content (AvgIpc) is 2.70. The Morgan fingerprint density at radius 1 is 1.39 bits per heavy atom. The van der Waals surface area contributed by atoms with E-state index in [1.54, 1.807) is 23.5 Å². The maximum atomic E-state index is 12.7. The Balaban J connectivity index is 2.02. The van der Waals surface area contributed by atoms with E-state index in [1.807, 2.05) is 13.8 Å². The Hall–Kier alpha value is -1.46. The van der Waals surface area contributed by atoms with Crippen molar-refractivity contribution in [3.8, 4) is 5.75 Å².